The number of phenolic OH excluding ortho intramolecular Hbond substituents is 2. The van der Waals surface area contributed by atoms with Gasteiger partial charge in [0.1, 0.15) is 0 Å². The largest absolute Gasteiger partial charge is 0.504 e. The number of nitro benzene ring substituents is 1. The second-order valence-corrected chi connectivity index (χ2v) is 4.05. The van der Waals surface area contributed by atoms with Gasteiger partial charge in [-0.1, -0.05) is 13.3 Å². The van der Waals surface area contributed by atoms with Crippen LogP contribution in [0.15, 0.2) is 12.1 Å². The van der Waals surface area contributed by atoms with E-state index in [-0.39, 0.29) is 18.0 Å². The predicted molar refractivity (Wildman–Crippen MR) is 71.5 cm³/mol. The van der Waals surface area contributed by atoms with E-state index in [1.165, 1.54) is 0 Å². The highest BCUT2D eigenvalue weighted by molar-refractivity contribution is 5.85. The average Bonchev–Trinajstić information content (AvgIpc) is 2.31. The fourth-order valence-corrected chi connectivity index (χ4v) is 1.65. The minimum absolute atomic E-state index is 0. The van der Waals surface area contributed by atoms with E-state index in [0.717, 1.165) is 12.1 Å². The van der Waals surface area contributed by atoms with Gasteiger partial charge in [0.05, 0.1) is 17.1 Å². The molecule has 0 saturated heterocycles. The van der Waals surface area contributed by atoms with Crippen LogP contribution in [0.3, 0.4) is 0 Å². The number of halogens is 1. The molecule has 0 aliphatic carbocycles. The van der Waals surface area contributed by atoms with Crippen LogP contribution in [-0.2, 0) is 0 Å². The minimum atomic E-state index is -0.862. The summed E-state index contributed by atoms with van der Waals surface area (Å²) in [5.41, 5.74) is 5.32. The molecule has 0 aliphatic heterocycles. The second-order valence-electron chi connectivity index (χ2n) is 4.05. The van der Waals surface area contributed by atoms with Crippen LogP contribution in [0.5, 0.6) is 11.5 Å². The monoisotopic (exact) mass is 292 g/mol. The van der Waals surface area contributed by atoms with E-state index in [4.69, 9.17) is 5.73 Å². The molecule has 1 rings (SSSR count). The summed E-state index contributed by atoms with van der Waals surface area (Å²) in [5, 5.41) is 39.1. The average molecular weight is 293 g/mol. The van der Waals surface area contributed by atoms with Crippen LogP contribution in [0.4, 0.5) is 5.69 Å². The summed E-state index contributed by atoms with van der Waals surface area (Å²) >= 11 is 0. The van der Waals surface area contributed by atoms with E-state index in [1.54, 1.807) is 0 Å². The first-order valence-corrected chi connectivity index (χ1v) is 5.52. The first-order chi connectivity index (χ1) is 8.38. The van der Waals surface area contributed by atoms with Crippen LogP contribution in [0.25, 0.3) is 0 Å². The molecular weight excluding hydrogens is 276 g/mol. The van der Waals surface area contributed by atoms with Crippen molar-refractivity contribution < 1.29 is 20.2 Å². The summed E-state index contributed by atoms with van der Waals surface area (Å²) < 4.78 is 0. The highest BCUT2D eigenvalue weighted by atomic mass is 35.5. The summed E-state index contributed by atoms with van der Waals surface area (Å²) in [5.74, 6) is -1.43. The van der Waals surface area contributed by atoms with Gasteiger partial charge in [-0.25, -0.2) is 0 Å². The number of nitrogens with zero attached hydrogens (tertiary/aromatic N) is 1. The molecule has 0 unspecified atom stereocenters. The maximum absolute atomic E-state index is 10.7. The molecule has 0 aliphatic rings. The van der Waals surface area contributed by atoms with Crippen molar-refractivity contribution in [3.63, 3.8) is 0 Å². The van der Waals surface area contributed by atoms with E-state index >= 15 is 0 Å². The predicted octanol–water partition coefficient (Wildman–Crippen LogP) is 1.59. The molecule has 2 atom stereocenters. The number of phenols is 2. The Balaban J connectivity index is 0.00000324. The van der Waals surface area contributed by atoms with Crippen molar-refractivity contribution >= 4 is 18.1 Å². The van der Waals surface area contributed by atoms with Gasteiger partial charge in [-0.15, -0.1) is 12.4 Å². The highest BCUT2D eigenvalue weighted by Crippen LogP contribution is 2.38. The van der Waals surface area contributed by atoms with Crippen molar-refractivity contribution in [2.24, 2.45) is 5.73 Å². The van der Waals surface area contributed by atoms with Gasteiger partial charge in [0.2, 0.25) is 5.75 Å². The normalized spacial score (nSPS) is 13.4. The number of aromatic hydroxyl groups is 2. The number of hydrogen-bond acceptors (Lipinski definition) is 6. The first-order valence-electron chi connectivity index (χ1n) is 5.52. The van der Waals surface area contributed by atoms with Gasteiger partial charge in [0, 0.05) is 6.07 Å². The number of aliphatic hydroxyl groups is 1. The third kappa shape index (κ3) is 3.95. The zero-order valence-electron chi connectivity index (χ0n) is 10.3. The molecule has 1 aromatic carbocycles. The molecule has 5 N–H and O–H groups in total. The van der Waals surface area contributed by atoms with Crippen molar-refractivity contribution in [2.75, 3.05) is 0 Å². The smallest absolute Gasteiger partial charge is 0.314 e. The number of nitro groups is 1. The number of rotatable bonds is 5. The Hall–Kier alpha value is -1.57. The Kier molecular flexibility index (Phi) is 6.54. The SMILES string of the molecule is CCC[C@@H](O)[C@@H](N)c1cc(O)c(O)c([N+](=O)[O-])c1.Cl. The molecule has 7 nitrogen and oxygen atoms in total. The Bertz CT molecular complexity index is 455. The summed E-state index contributed by atoms with van der Waals surface area (Å²) in [6.07, 6.45) is 0.288. The summed E-state index contributed by atoms with van der Waals surface area (Å²) in [7, 11) is 0. The van der Waals surface area contributed by atoms with Crippen LogP contribution >= 0.6 is 12.4 Å². The zero-order valence-corrected chi connectivity index (χ0v) is 11.1. The molecule has 0 bridgehead atoms. The quantitative estimate of drug-likeness (QED) is 0.370. The van der Waals surface area contributed by atoms with Crippen LogP contribution < -0.4 is 5.73 Å². The van der Waals surface area contributed by atoms with Crippen LogP contribution in [0, 0.1) is 10.1 Å². The molecule has 0 amide bonds. The standard InChI is InChI=1S/C11H16N2O5.ClH/c1-2-3-8(14)10(12)6-4-7(13(17)18)11(16)9(15)5-6;/h4-5,8,10,14-16H,2-3,12H2,1H3;1H/t8-,10+;/m1./s1. The van der Waals surface area contributed by atoms with E-state index < -0.39 is 34.3 Å². The van der Waals surface area contributed by atoms with Crippen LogP contribution in [-0.4, -0.2) is 26.3 Å². The molecule has 0 spiro atoms. The van der Waals surface area contributed by atoms with Crippen molar-refractivity contribution in [1.29, 1.82) is 0 Å². The first kappa shape index (κ1) is 17.4. The highest BCUT2D eigenvalue weighted by Gasteiger charge is 2.24. The van der Waals surface area contributed by atoms with Gasteiger partial charge in [-0.05, 0) is 18.1 Å². The van der Waals surface area contributed by atoms with Gasteiger partial charge < -0.3 is 21.1 Å². The maximum atomic E-state index is 10.7. The molecule has 0 saturated carbocycles. The van der Waals surface area contributed by atoms with Gasteiger partial charge >= 0.3 is 5.69 Å². The van der Waals surface area contributed by atoms with E-state index in [1.807, 2.05) is 6.92 Å². The lowest BCUT2D eigenvalue weighted by Gasteiger charge is -2.18. The number of nitrogens with two attached hydrogens (primary N) is 1. The molecular formula is C11H17ClN2O5. The molecule has 19 heavy (non-hydrogen) atoms. The third-order valence-corrected chi connectivity index (χ3v) is 2.67. The molecule has 1 aromatic rings. The van der Waals surface area contributed by atoms with E-state index in [2.05, 4.69) is 0 Å². The van der Waals surface area contributed by atoms with Gasteiger partial charge in [-0.3, -0.25) is 10.1 Å². The lowest BCUT2D eigenvalue weighted by Crippen LogP contribution is -2.26. The number of benzene rings is 1. The van der Waals surface area contributed by atoms with Crippen molar-refractivity contribution in [1.82, 2.24) is 0 Å². The summed E-state index contributed by atoms with van der Waals surface area (Å²) in [6.45, 7) is 1.87. The van der Waals surface area contributed by atoms with Gasteiger partial charge in [0.15, 0.2) is 5.75 Å². The van der Waals surface area contributed by atoms with Crippen molar-refractivity contribution in [3.05, 3.63) is 27.8 Å². The Morgan fingerprint density at radius 1 is 1.42 bits per heavy atom. The molecule has 0 heterocycles. The van der Waals surface area contributed by atoms with E-state index in [9.17, 15) is 25.4 Å². The van der Waals surface area contributed by atoms with Crippen LogP contribution in [0.1, 0.15) is 31.4 Å². The fourth-order valence-electron chi connectivity index (χ4n) is 1.65. The molecule has 0 radical (unpaired) electrons. The fraction of sp³-hybridized carbons (Fsp3) is 0.455. The second kappa shape index (κ2) is 7.13. The molecule has 0 aromatic heterocycles. The van der Waals surface area contributed by atoms with E-state index in [0.29, 0.717) is 12.8 Å². The third-order valence-electron chi connectivity index (χ3n) is 2.67. The maximum Gasteiger partial charge on any atom is 0.314 e. The Morgan fingerprint density at radius 2 is 2.00 bits per heavy atom. The summed E-state index contributed by atoms with van der Waals surface area (Å²) in [4.78, 5) is 9.85. The van der Waals surface area contributed by atoms with Crippen LogP contribution in [0.2, 0.25) is 0 Å². The zero-order chi connectivity index (χ0) is 13.9. The molecule has 8 heteroatoms. The minimum Gasteiger partial charge on any atom is -0.504 e. The van der Waals surface area contributed by atoms with Crippen molar-refractivity contribution in [2.45, 2.75) is 31.9 Å². The summed E-state index contributed by atoms with van der Waals surface area (Å²) in [6, 6.07) is 1.32. The van der Waals surface area contributed by atoms with Gasteiger partial charge in [0.25, 0.3) is 0 Å². The number of aliphatic hydroxyl groups excluding tert-OH is 1. The van der Waals surface area contributed by atoms with Gasteiger partial charge in [-0.2, -0.15) is 0 Å². The lowest BCUT2D eigenvalue weighted by atomic mass is 9.98. The Morgan fingerprint density at radius 3 is 2.47 bits per heavy atom. The topological polar surface area (TPSA) is 130 Å². The Labute approximate surface area is 116 Å². The van der Waals surface area contributed by atoms with Crippen molar-refractivity contribution in [3.8, 4) is 11.5 Å². The number of hydrogen-bond donors (Lipinski definition) is 4. The molecule has 108 valence electrons. The molecule has 0 fully saturated rings. The lowest BCUT2D eigenvalue weighted by molar-refractivity contribution is -0.386.